The van der Waals surface area contributed by atoms with Gasteiger partial charge in [-0.3, -0.25) is 0 Å². The zero-order valence-corrected chi connectivity index (χ0v) is 12.1. The molecule has 0 bridgehead atoms. The van der Waals surface area contributed by atoms with E-state index in [1.807, 2.05) is 36.4 Å². The topological polar surface area (TPSA) is 37.8 Å². The molecule has 3 nitrogen and oxygen atoms in total. The summed E-state index contributed by atoms with van der Waals surface area (Å²) in [6, 6.07) is 20.4. The van der Waals surface area contributed by atoms with E-state index in [1.54, 1.807) is 0 Å². The summed E-state index contributed by atoms with van der Waals surface area (Å²) < 4.78 is 8.18. The van der Waals surface area contributed by atoms with Gasteiger partial charge in [0.2, 0.25) is 0 Å². The number of benzene rings is 2. The fourth-order valence-corrected chi connectivity index (χ4v) is 2.71. The van der Waals surface area contributed by atoms with Gasteiger partial charge in [0.05, 0.1) is 17.8 Å². The molecule has 5 heteroatoms. The second-order valence-corrected chi connectivity index (χ2v) is 5.19. The molecule has 0 radical (unpaired) electrons. The van der Waals surface area contributed by atoms with Crippen molar-refractivity contribution in [1.29, 1.82) is 0 Å². The summed E-state index contributed by atoms with van der Waals surface area (Å²) in [5.41, 5.74) is 2.31. The third-order valence-corrected chi connectivity index (χ3v) is 3.89. The molecule has 3 aromatic rings. The highest BCUT2D eigenvalue weighted by Gasteiger charge is 2.16. The molecule has 0 aliphatic rings. The molecular weight excluding hydrogens is 290 g/mol. The number of aromatic nitrogens is 2. The van der Waals surface area contributed by atoms with Crippen LogP contribution in [0.5, 0.6) is 0 Å². The number of nitrogens with zero attached hydrogens (tertiary/aromatic N) is 2. The van der Waals surface area contributed by atoms with Crippen LogP contribution in [0.4, 0.5) is 5.82 Å². The molecule has 0 spiro atoms. The lowest BCUT2D eigenvalue weighted by molar-refractivity contribution is 0.932. The highest BCUT2D eigenvalue weighted by molar-refractivity contribution is 6.99. The summed E-state index contributed by atoms with van der Waals surface area (Å²) in [5.74, 6) is 0.620. The molecule has 0 atom stereocenters. The third kappa shape index (κ3) is 2.81. The second-order valence-electron chi connectivity index (χ2n) is 4.30. The van der Waals surface area contributed by atoms with Crippen molar-refractivity contribution >= 4 is 29.1 Å². The van der Waals surface area contributed by atoms with E-state index in [4.69, 9.17) is 11.6 Å². The van der Waals surface area contributed by atoms with Crippen LogP contribution >= 0.6 is 23.3 Å². The van der Waals surface area contributed by atoms with Crippen molar-refractivity contribution in [3.05, 3.63) is 76.9 Å². The van der Waals surface area contributed by atoms with Crippen LogP contribution in [0.15, 0.2) is 60.7 Å². The molecule has 2 aromatic carbocycles. The Morgan fingerprint density at radius 3 is 1.85 bits per heavy atom. The summed E-state index contributed by atoms with van der Waals surface area (Å²) >= 11 is 7.14. The Labute approximate surface area is 126 Å². The maximum Gasteiger partial charge on any atom is 0.186 e. The van der Waals surface area contributed by atoms with Gasteiger partial charge >= 0.3 is 0 Å². The Morgan fingerprint density at radius 2 is 1.40 bits per heavy atom. The van der Waals surface area contributed by atoms with Crippen LogP contribution < -0.4 is 5.32 Å². The van der Waals surface area contributed by atoms with Crippen molar-refractivity contribution in [2.75, 3.05) is 5.32 Å². The molecular formula is C15H12ClN3S. The van der Waals surface area contributed by atoms with Gasteiger partial charge in [0.1, 0.15) is 0 Å². The van der Waals surface area contributed by atoms with Gasteiger partial charge in [-0.15, -0.1) is 0 Å². The largest absolute Gasteiger partial charge is 0.356 e. The first-order valence-electron chi connectivity index (χ1n) is 6.19. The maximum atomic E-state index is 6.03. The molecule has 1 N–H and O–H groups in total. The number of hydrogen-bond acceptors (Lipinski definition) is 4. The van der Waals surface area contributed by atoms with Crippen LogP contribution in [0.3, 0.4) is 0 Å². The number of halogens is 1. The van der Waals surface area contributed by atoms with E-state index < -0.39 is 0 Å². The van der Waals surface area contributed by atoms with Gasteiger partial charge in [-0.2, -0.15) is 8.75 Å². The first kappa shape index (κ1) is 13.1. The molecule has 0 unspecified atom stereocenters. The summed E-state index contributed by atoms with van der Waals surface area (Å²) in [6.45, 7) is 0. The van der Waals surface area contributed by atoms with E-state index in [0.29, 0.717) is 11.0 Å². The predicted molar refractivity (Wildman–Crippen MR) is 83.3 cm³/mol. The average Bonchev–Trinajstić information content (AvgIpc) is 2.92. The minimum absolute atomic E-state index is 0.00111. The van der Waals surface area contributed by atoms with Gasteiger partial charge < -0.3 is 5.32 Å². The number of rotatable bonds is 4. The first-order chi connectivity index (χ1) is 9.84. The van der Waals surface area contributed by atoms with Gasteiger partial charge in [0, 0.05) is 0 Å². The minimum Gasteiger partial charge on any atom is -0.356 e. The van der Waals surface area contributed by atoms with Crippen LogP contribution in [-0.4, -0.2) is 8.75 Å². The van der Waals surface area contributed by atoms with E-state index in [0.717, 1.165) is 22.9 Å². The monoisotopic (exact) mass is 301 g/mol. The predicted octanol–water partition coefficient (Wildman–Crippen LogP) is 4.39. The van der Waals surface area contributed by atoms with Crippen LogP contribution in [-0.2, 0) is 0 Å². The van der Waals surface area contributed by atoms with E-state index in [1.165, 1.54) is 0 Å². The molecule has 0 aliphatic carbocycles. The zero-order chi connectivity index (χ0) is 13.8. The highest BCUT2D eigenvalue weighted by atomic mass is 35.5. The number of hydrogen-bond donors (Lipinski definition) is 1. The number of nitrogens with one attached hydrogen (secondary N) is 1. The van der Waals surface area contributed by atoms with Gasteiger partial charge in [-0.05, 0) is 11.1 Å². The van der Waals surface area contributed by atoms with Crippen LogP contribution in [0, 0.1) is 0 Å². The summed E-state index contributed by atoms with van der Waals surface area (Å²) in [7, 11) is 0. The Balaban J connectivity index is 1.98. The molecule has 1 heterocycles. The molecule has 20 heavy (non-hydrogen) atoms. The Morgan fingerprint density at radius 1 is 0.850 bits per heavy atom. The van der Waals surface area contributed by atoms with Crippen molar-refractivity contribution in [1.82, 2.24) is 8.75 Å². The summed E-state index contributed by atoms with van der Waals surface area (Å²) in [6.07, 6.45) is 0. The van der Waals surface area contributed by atoms with Crippen molar-refractivity contribution in [2.45, 2.75) is 6.04 Å². The molecule has 0 fully saturated rings. The van der Waals surface area contributed by atoms with Crippen LogP contribution in [0.2, 0.25) is 5.15 Å². The lowest BCUT2D eigenvalue weighted by Gasteiger charge is -2.19. The first-order valence-corrected chi connectivity index (χ1v) is 7.30. The molecule has 3 rings (SSSR count). The van der Waals surface area contributed by atoms with E-state index >= 15 is 0 Å². The Hall–Kier alpha value is -1.91. The standard InChI is InChI=1S/C15H12ClN3S/c16-14-15(19-20-18-14)17-13(11-7-3-1-4-8-11)12-9-5-2-6-10-12/h1-10,13H,(H,17,19). The molecule has 0 aliphatic heterocycles. The minimum atomic E-state index is -0.00111. The van der Waals surface area contributed by atoms with E-state index in [9.17, 15) is 0 Å². The van der Waals surface area contributed by atoms with Gasteiger partial charge in [-0.25, -0.2) is 0 Å². The molecule has 0 amide bonds. The van der Waals surface area contributed by atoms with Crippen molar-refractivity contribution in [3.8, 4) is 0 Å². The fraction of sp³-hybridized carbons (Fsp3) is 0.0667. The Kier molecular flexibility index (Phi) is 3.95. The van der Waals surface area contributed by atoms with Crippen molar-refractivity contribution in [3.63, 3.8) is 0 Å². The van der Waals surface area contributed by atoms with E-state index in [2.05, 4.69) is 38.3 Å². The molecule has 1 aromatic heterocycles. The fourth-order valence-electron chi connectivity index (χ4n) is 2.05. The second kappa shape index (κ2) is 6.03. The lowest BCUT2D eigenvalue weighted by Crippen LogP contribution is -2.12. The van der Waals surface area contributed by atoms with Gasteiger partial charge in [-0.1, -0.05) is 72.3 Å². The SMILES string of the molecule is Clc1nsnc1NC(c1ccccc1)c1ccccc1. The smallest absolute Gasteiger partial charge is 0.186 e. The van der Waals surface area contributed by atoms with E-state index in [-0.39, 0.29) is 6.04 Å². The molecule has 100 valence electrons. The lowest BCUT2D eigenvalue weighted by atomic mass is 9.99. The molecule has 0 saturated heterocycles. The number of anilines is 1. The normalized spacial score (nSPS) is 10.7. The van der Waals surface area contributed by atoms with Crippen LogP contribution in [0.25, 0.3) is 0 Å². The van der Waals surface area contributed by atoms with Crippen molar-refractivity contribution in [2.24, 2.45) is 0 Å². The Bertz CT molecular complexity index is 630. The maximum absolute atomic E-state index is 6.03. The van der Waals surface area contributed by atoms with Crippen LogP contribution in [0.1, 0.15) is 17.2 Å². The molecule has 0 saturated carbocycles. The third-order valence-electron chi connectivity index (χ3n) is 3.00. The van der Waals surface area contributed by atoms with Gasteiger partial charge in [0.25, 0.3) is 0 Å². The van der Waals surface area contributed by atoms with Gasteiger partial charge in [0.15, 0.2) is 11.0 Å². The average molecular weight is 302 g/mol. The summed E-state index contributed by atoms with van der Waals surface area (Å²) in [4.78, 5) is 0. The highest BCUT2D eigenvalue weighted by Crippen LogP contribution is 2.28. The van der Waals surface area contributed by atoms with Crippen molar-refractivity contribution < 1.29 is 0 Å². The summed E-state index contributed by atoms with van der Waals surface area (Å²) in [5, 5.41) is 3.77. The zero-order valence-electron chi connectivity index (χ0n) is 10.5. The quantitative estimate of drug-likeness (QED) is 0.776.